The van der Waals surface area contributed by atoms with Crippen molar-refractivity contribution >= 4 is 49.1 Å². The van der Waals surface area contributed by atoms with Crippen molar-refractivity contribution in [3.05, 3.63) is 170 Å². The molecule has 1 fully saturated rings. The summed E-state index contributed by atoms with van der Waals surface area (Å²) >= 11 is 1.63. The number of carbonyl (C=O) groups is 1. The van der Waals surface area contributed by atoms with Crippen LogP contribution in [-0.4, -0.2) is 68.1 Å². The normalized spacial score (nSPS) is 13.9. The van der Waals surface area contributed by atoms with Crippen LogP contribution in [-0.2, 0) is 37.0 Å². The highest BCUT2D eigenvalue weighted by Gasteiger charge is 2.49. The summed E-state index contributed by atoms with van der Waals surface area (Å²) < 4.78 is 47.7. The van der Waals surface area contributed by atoms with Crippen LogP contribution in [0.4, 0.5) is 5.13 Å². The first-order valence-corrected chi connectivity index (χ1v) is 24.8. The third kappa shape index (κ3) is 14.2. The van der Waals surface area contributed by atoms with Crippen LogP contribution in [0.25, 0.3) is 32.1 Å². The van der Waals surface area contributed by atoms with Gasteiger partial charge in [-0.3, -0.25) is 0 Å². The van der Waals surface area contributed by atoms with E-state index in [1.807, 2.05) is 98.6 Å². The Bertz CT molecular complexity index is 2900. The lowest BCUT2D eigenvalue weighted by molar-refractivity contribution is -0.137. The van der Waals surface area contributed by atoms with Crippen LogP contribution in [0.3, 0.4) is 0 Å². The molecular weight excluding hydrogens is 915 g/mol. The van der Waals surface area contributed by atoms with Crippen molar-refractivity contribution < 1.29 is 42.7 Å². The summed E-state index contributed by atoms with van der Waals surface area (Å²) in [4.78, 5) is 16.4. The standard InChI is InChI=1S/C58H61N3O9S/c1-6-54(62)66-36-12-34-65-48-27-22-45(23-28-48)44-20-16-42(17-21-44)39-68-49-29-30-52(69-40-43-18-25-47(26-19-43)64-35-13-37-67-56-58(4,5)70-56)51(38-49)41(3)60-61(32-10-11-33-63-7-2)57-59-55-50-15-9-8-14-46(50)24-31-53(55)71-57/h6-9,14-31,38,56H,1-2,10-13,32-37,39-40H2,3-5H3/b60-41+. The fourth-order valence-electron chi connectivity index (χ4n) is 7.66. The Balaban J connectivity index is 0.968. The average Bonchev–Trinajstić information content (AvgIpc) is 3.77. The minimum atomic E-state index is -0.433. The molecule has 0 aliphatic carbocycles. The molecule has 1 aliphatic rings. The zero-order valence-corrected chi connectivity index (χ0v) is 41.5. The number of aromatic nitrogens is 1. The Kier molecular flexibility index (Phi) is 17.4. The molecule has 0 radical (unpaired) electrons. The number of unbranched alkanes of at least 4 members (excludes halogenated alkanes) is 1. The number of esters is 1. The molecule has 1 aromatic heterocycles. The molecule has 2 heterocycles. The highest BCUT2D eigenvalue weighted by Crippen LogP contribution is 2.37. The van der Waals surface area contributed by atoms with Gasteiger partial charge in [0, 0.05) is 36.4 Å². The van der Waals surface area contributed by atoms with Crippen LogP contribution in [0.2, 0.25) is 0 Å². The second-order valence-corrected chi connectivity index (χ2v) is 18.5. The summed E-state index contributed by atoms with van der Waals surface area (Å²) in [6.45, 7) is 16.9. The van der Waals surface area contributed by atoms with Gasteiger partial charge in [0.15, 0.2) is 6.29 Å². The van der Waals surface area contributed by atoms with Gasteiger partial charge in [-0.1, -0.05) is 103 Å². The molecule has 1 unspecified atom stereocenters. The van der Waals surface area contributed by atoms with Gasteiger partial charge in [0.2, 0.25) is 5.13 Å². The van der Waals surface area contributed by atoms with Gasteiger partial charge < -0.3 is 37.9 Å². The van der Waals surface area contributed by atoms with Gasteiger partial charge >= 0.3 is 5.97 Å². The number of fused-ring (bicyclic) bond motifs is 3. The largest absolute Gasteiger partial charge is 0.502 e. The predicted octanol–water partition coefficient (Wildman–Crippen LogP) is 12.9. The van der Waals surface area contributed by atoms with Gasteiger partial charge in [0.05, 0.1) is 55.2 Å². The maximum Gasteiger partial charge on any atom is 0.330 e. The van der Waals surface area contributed by atoms with Crippen LogP contribution in [0, 0.1) is 0 Å². The molecule has 0 N–H and O–H groups in total. The molecule has 0 spiro atoms. The first kappa shape index (κ1) is 50.2. The molecule has 7 aromatic rings. The van der Waals surface area contributed by atoms with E-state index < -0.39 is 5.97 Å². The molecular formula is C58H61N3O9S. The molecule has 8 rings (SSSR count). The summed E-state index contributed by atoms with van der Waals surface area (Å²) in [6.07, 6.45) is 5.52. The smallest absolute Gasteiger partial charge is 0.330 e. The monoisotopic (exact) mass is 975 g/mol. The third-order valence-corrected chi connectivity index (χ3v) is 12.7. The molecule has 1 atom stereocenters. The second kappa shape index (κ2) is 24.6. The zero-order chi connectivity index (χ0) is 49.4. The Morgan fingerprint density at radius 1 is 0.732 bits per heavy atom. The minimum absolute atomic E-state index is 0.128. The van der Waals surface area contributed by atoms with E-state index in [-0.39, 0.29) is 18.5 Å². The zero-order valence-electron chi connectivity index (χ0n) is 40.7. The Morgan fingerprint density at radius 3 is 2.08 bits per heavy atom. The molecule has 12 nitrogen and oxygen atoms in total. The average molecular weight is 976 g/mol. The van der Waals surface area contributed by atoms with E-state index in [4.69, 9.17) is 48.0 Å². The maximum absolute atomic E-state index is 11.2. The molecule has 1 saturated heterocycles. The molecule has 71 heavy (non-hydrogen) atoms. The first-order chi connectivity index (χ1) is 34.6. The number of thiazole rings is 1. The number of hydrazone groups is 1. The van der Waals surface area contributed by atoms with Gasteiger partial charge in [0.1, 0.15) is 41.8 Å². The number of hydrogen-bond donors (Lipinski definition) is 0. The number of benzene rings is 6. The topological polar surface area (TPSA) is 123 Å². The summed E-state index contributed by atoms with van der Waals surface area (Å²) in [5.41, 5.74) is 6.47. The van der Waals surface area contributed by atoms with Crippen LogP contribution in [0.1, 0.15) is 63.1 Å². The van der Waals surface area contributed by atoms with Crippen LogP contribution >= 0.6 is 11.3 Å². The fraction of sp³-hybridized carbons (Fsp3) is 0.293. The van der Waals surface area contributed by atoms with E-state index in [2.05, 4.69) is 67.8 Å². The quantitative estimate of drug-likeness (QED) is 0.00886. The van der Waals surface area contributed by atoms with E-state index in [1.165, 1.54) is 6.26 Å². The molecule has 13 heteroatoms. The third-order valence-electron chi connectivity index (χ3n) is 11.7. The van der Waals surface area contributed by atoms with E-state index in [0.717, 1.165) is 96.5 Å². The lowest BCUT2D eigenvalue weighted by Gasteiger charge is -2.19. The van der Waals surface area contributed by atoms with Crippen molar-refractivity contribution in [2.24, 2.45) is 5.10 Å². The van der Waals surface area contributed by atoms with Gasteiger partial charge in [-0.05, 0) is 110 Å². The SMILES string of the molecule is C=COCCCCN(/N=C(\C)c1cc(OCc2ccc(-c3ccc(OCCCOC(=O)C=C)cc3)cc2)ccc1OCc1ccc(OCCCOC2OC2(C)C)cc1)c1nc2c(ccc3ccccc32)s1. The number of carbonyl (C=O) groups excluding carboxylic acids is 1. The molecule has 1 aliphatic heterocycles. The van der Waals surface area contributed by atoms with Gasteiger partial charge in [-0.25, -0.2) is 14.8 Å². The van der Waals surface area contributed by atoms with Crippen LogP contribution < -0.4 is 24.0 Å². The number of ether oxygens (including phenoxy) is 8. The van der Waals surface area contributed by atoms with Crippen molar-refractivity contribution in [1.29, 1.82) is 0 Å². The highest BCUT2D eigenvalue weighted by molar-refractivity contribution is 7.22. The molecule has 0 bridgehead atoms. The summed E-state index contributed by atoms with van der Waals surface area (Å²) in [5.74, 6) is 2.46. The number of hydrogen-bond acceptors (Lipinski definition) is 13. The predicted molar refractivity (Wildman–Crippen MR) is 282 cm³/mol. The number of nitrogens with zero attached hydrogens (tertiary/aromatic N) is 3. The van der Waals surface area contributed by atoms with Gasteiger partial charge in [-0.2, -0.15) is 5.10 Å². The molecule has 368 valence electrons. The fourth-order valence-corrected chi connectivity index (χ4v) is 8.62. The maximum atomic E-state index is 11.2. The molecule has 6 aromatic carbocycles. The number of rotatable bonds is 28. The molecule has 0 saturated carbocycles. The van der Waals surface area contributed by atoms with Crippen LogP contribution in [0.15, 0.2) is 158 Å². The van der Waals surface area contributed by atoms with Crippen molar-refractivity contribution in [3.63, 3.8) is 0 Å². The van der Waals surface area contributed by atoms with Crippen LogP contribution in [0.5, 0.6) is 23.0 Å². The van der Waals surface area contributed by atoms with E-state index in [1.54, 1.807) is 11.3 Å². The molecule has 0 amide bonds. The Hall–Kier alpha value is -7.19. The lowest BCUT2D eigenvalue weighted by atomic mass is 10.0. The van der Waals surface area contributed by atoms with Gasteiger partial charge in [-0.15, -0.1) is 0 Å². The lowest BCUT2D eigenvalue weighted by Crippen LogP contribution is -2.20. The summed E-state index contributed by atoms with van der Waals surface area (Å²) in [7, 11) is 0. The number of anilines is 1. The Morgan fingerprint density at radius 2 is 1.38 bits per heavy atom. The second-order valence-electron chi connectivity index (χ2n) is 17.5. The number of epoxide rings is 1. The first-order valence-electron chi connectivity index (χ1n) is 24.0. The Labute approximate surface area is 420 Å². The van der Waals surface area contributed by atoms with Crippen molar-refractivity contribution in [2.45, 2.75) is 71.6 Å². The highest BCUT2D eigenvalue weighted by atomic mass is 32.1. The minimum Gasteiger partial charge on any atom is -0.502 e. The summed E-state index contributed by atoms with van der Waals surface area (Å²) in [5, 5.41) is 10.3. The van der Waals surface area contributed by atoms with Gasteiger partial charge in [0.25, 0.3) is 0 Å². The van der Waals surface area contributed by atoms with E-state index in [9.17, 15) is 4.79 Å². The van der Waals surface area contributed by atoms with E-state index >= 15 is 0 Å². The van der Waals surface area contributed by atoms with E-state index in [0.29, 0.717) is 64.1 Å². The summed E-state index contributed by atoms with van der Waals surface area (Å²) in [6, 6.07) is 42.7. The van der Waals surface area contributed by atoms with Crippen molar-refractivity contribution in [2.75, 3.05) is 44.6 Å². The van der Waals surface area contributed by atoms with Crippen molar-refractivity contribution in [1.82, 2.24) is 4.98 Å². The van der Waals surface area contributed by atoms with Crippen molar-refractivity contribution in [3.8, 4) is 34.1 Å².